The van der Waals surface area contributed by atoms with Crippen molar-refractivity contribution in [2.24, 2.45) is 0 Å². The molecule has 1 heterocycles. The zero-order valence-electron chi connectivity index (χ0n) is 18.6. The topological polar surface area (TPSA) is 59.1 Å². The van der Waals surface area contributed by atoms with Crippen LogP contribution in [-0.4, -0.2) is 51.6 Å². The fraction of sp³-hybridized carbons (Fsp3) is 0.280. The number of anilines is 1. The predicted molar refractivity (Wildman–Crippen MR) is 122 cm³/mol. The fourth-order valence-electron chi connectivity index (χ4n) is 3.57. The van der Waals surface area contributed by atoms with Crippen molar-refractivity contribution >= 4 is 23.6 Å². The minimum absolute atomic E-state index is 0.192. The number of hydrogen-bond acceptors (Lipinski definition) is 5. The Hall–Kier alpha value is -3.54. The monoisotopic (exact) mass is 420 g/mol. The van der Waals surface area contributed by atoms with E-state index in [1.807, 2.05) is 67.5 Å². The van der Waals surface area contributed by atoms with Gasteiger partial charge in [0.25, 0.3) is 5.91 Å². The van der Waals surface area contributed by atoms with E-state index >= 15 is 0 Å². The minimum Gasteiger partial charge on any atom is -0.497 e. The lowest BCUT2D eigenvalue weighted by Gasteiger charge is -2.18. The molecule has 0 unspecified atom stereocenters. The Bertz CT molecular complexity index is 1020. The van der Waals surface area contributed by atoms with Crippen LogP contribution < -0.4 is 9.64 Å². The molecule has 2 aromatic carbocycles. The summed E-state index contributed by atoms with van der Waals surface area (Å²) in [6.07, 6.45) is 2.41. The summed E-state index contributed by atoms with van der Waals surface area (Å²) >= 11 is 0. The Balaban J connectivity index is 1.87. The first-order valence-electron chi connectivity index (χ1n) is 10.1. The molecule has 1 amide bonds. The van der Waals surface area contributed by atoms with Crippen LogP contribution in [0.25, 0.3) is 6.08 Å². The van der Waals surface area contributed by atoms with Crippen LogP contribution in [0.2, 0.25) is 0 Å². The van der Waals surface area contributed by atoms with Gasteiger partial charge >= 0.3 is 5.97 Å². The summed E-state index contributed by atoms with van der Waals surface area (Å²) in [5, 5.41) is 0. The number of carbonyl (C=O) groups excluding carboxylic acids is 2. The first-order chi connectivity index (χ1) is 14.8. The summed E-state index contributed by atoms with van der Waals surface area (Å²) in [4.78, 5) is 29.4. The van der Waals surface area contributed by atoms with Gasteiger partial charge in [0.2, 0.25) is 0 Å². The lowest BCUT2D eigenvalue weighted by atomic mass is 10.0. The van der Waals surface area contributed by atoms with Crippen molar-refractivity contribution in [3.05, 3.63) is 76.5 Å². The number of rotatable bonds is 7. The van der Waals surface area contributed by atoms with Gasteiger partial charge in [0.1, 0.15) is 5.75 Å². The van der Waals surface area contributed by atoms with Gasteiger partial charge < -0.3 is 19.3 Å². The van der Waals surface area contributed by atoms with Crippen molar-refractivity contribution < 1.29 is 19.1 Å². The van der Waals surface area contributed by atoms with Gasteiger partial charge in [0.05, 0.1) is 25.4 Å². The SMILES string of the molecule is COC(=O)C1=C(C)N(CCc2ccc(OC)cc2)C(=O)C1=Cc1ccc(N(C)C)cc1. The van der Waals surface area contributed by atoms with Crippen molar-refractivity contribution in [2.75, 3.05) is 39.8 Å². The van der Waals surface area contributed by atoms with Crippen LogP contribution in [0, 0.1) is 0 Å². The molecule has 0 aromatic heterocycles. The van der Waals surface area contributed by atoms with Crippen LogP contribution in [0.5, 0.6) is 5.75 Å². The largest absolute Gasteiger partial charge is 0.497 e. The maximum atomic E-state index is 13.2. The Morgan fingerprint density at radius 3 is 2.23 bits per heavy atom. The maximum Gasteiger partial charge on any atom is 0.340 e. The molecule has 0 bridgehead atoms. The fourth-order valence-corrected chi connectivity index (χ4v) is 3.57. The molecule has 3 rings (SSSR count). The van der Waals surface area contributed by atoms with Gasteiger partial charge in [0, 0.05) is 32.0 Å². The third-order valence-corrected chi connectivity index (χ3v) is 5.40. The lowest BCUT2D eigenvalue weighted by Crippen LogP contribution is -2.27. The predicted octanol–water partition coefficient (Wildman–Crippen LogP) is 3.68. The first kappa shape index (κ1) is 22.2. The maximum absolute atomic E-state index is 13.2. The highest BCUT2D eigenvalue weighted by molar-refractivity contribution is 6.16. The summed E-state index contributed by atoms with van der Waals surface area (Å²) in [5.74, 6) is 0.0904. The molecule has 0 saturated carbocycles. The number of benzene rings is 2. The van der Waals surface area contributed by atoms with Gasteiger partial charge in [-0.1, -0.05) is 24.3 Å². The van der Waals surface area contributed by atoms with Gasteiger partial charge in [-0.25, -0.2) is 4.79 Å². The Morgan fingerprint density at radius 2 is 1.68 bits per heavy atom. The van der Waals surface area contributed by atoms with E-state index in [1.54, 1.807) is 25.0 Å². The number of carbonyl (C=O) groups is 2. The van der Waals surface area contributed by atoms with E-state index in [1.165, 1.54) is 7.11 Å². The second-order valence-corrected chi connectivity index (χ2v) is 7.55. The smallest absolute Gasteiger partial charge is 0.340 e. The molecule has 6 nitrogen and oxygen atoms in total. The van der Waals surface area contributed by atoms with Crippen LogP contribution in [0.3, 0.4) is 0 Å². The quantitative estimate of drug-likeness (QED) is 0.505. The Morgan fingerprint density at radius 1 is 1.03 bits per heavy atom. The second-order valence-electron chi connectivity index (χ2n) is 7.55. The summed E-state index contributed by atoms with van der Waals surface area (Å²) in [6.45, 7) is 2.25. The van der Waals surface area contributed by atoms with E-state index in [0.717, 1.165) is 22.6 Å². The summed E-state index contributed by atoms with van der Waals surface area (Å²) in [7, 11) is 6.89. The van der Waals surface area contributed by atoms with E-state index in [0.29, 0.717) is 29.8 Å². The van der Waals surface area contributed by atoms with Crippen molar-refractivity contribution in [2.45, 2.75) is 13.3 Å². The highest BCUT2D eigenvalue weighted by Crippen LogP contribution is 2.32. The average molecular weight is 421 g/mol. The van der Waals surface area contributed by atoms with Gasteiger partial charge in [-0.3, -0.25) is 4.79 Å². The molecule has 0 saturated heterocycles. The van der Waals surface area contributed by atoms with Crippen LogP contribution in [-0.2, 0) is 20.7 Å². The molecule has 1 aliphatic rings. The van der Waals surface area contributed by atoms with Crippen molar-refractivity contribution in [3.8, 4) is 5.75 Å². The molecule has 0 atom stereocenters. The number of nitrogens with zero attached hydrogens (tertiary/aromatic N) is 2. The first-order valence-corrected chi connectivity index (χ1v) is 10.1. The molecule has 0 spiro atoms. The molecule has 0 aliphatic carbocycles. The van der Waals surface area contributed by atoms with Gasteiger partial charge in [-0.15, -0.1) is 0 Å². The summed E-state index contributed by atoms with van der Waals surface area (Å²) in [5.41, 5.74) is 4.27. The number of ether oxygens (including phenoxy) is 2. The molecular weight excluding hydrogens is 392 g/mol. The average Bonchev–Trinajstić information content (AvgIpc) is 3.01. The Kier molecular flexibility index (Phi) is 6.80. The Labute approximate surface area is 183 Å². The molecule has 162 valence electrons. The molecule has 0 radical (unpaired) electrons. The van der Waals surface area contributed by atoms with Crippen LogP contribution in [0.1, 0.15) is 18.1 Å². The zero-order chi connectivity index (χ0) is 22.5. The number of amides is 1. The van der Waals surface area contributed by atoms with E-state index in [2.05, 4.69) is 0 Å². The van der Waals surface area contributed by atoms with Crippen molar-refractivity contribution in [3.63, 3.8) is 0 Å². The molecule has 31 heavy (non-hydrogen) atoms. The van der Waals surface area contributed by atoms with E-state index in [-0.39, 0.29) is 5.91 Å². The van der Waals surface area contributed by atoms with Crippen LogP contribution in [0.4, 0.5) is 5.69 Å². The van der Waals surface area contributed by atoms with Crippen LogP contribution in [0.15, 0.2) is 65.4 Å². The van der Waals surface area contributed by atoms with Crippen molar-refractivity contribution in [1.29, 1.82) is 0 Å². The highest BCUT2D eigenvalue weighted by atomic mass is 16.5. The van der Waals surface area contributed by atoms with Gasteiger partial charge in [-0.05, 0) is 54.8 Å². The molecule has 0 N–H and O–H groups in total. The number of esters is 1. The lowest BCUT2D eigenvalue weighted by molar-refractivity contribution is -0.136. The van der Waals surface area contributed by atoms with Gasteiger partial charge in [0.15, 0.2) is 0 Å². The second kappa shape index (κ2) is 9.51. The summed E-state index contributed by atoms with van der Waals surface area (Å²) < 4.78 is 10.2. The van der Waals surface area contributed by atoms with Crippen LogP contribution >= 0.6 is 0 Å². The molecule has 6 heteroatoms. The molecule has 1 aliphatic heterocycles. The van der Waals surface area contributed by atoms with E-state index < -0.39 is 5.97 Å². The number of allylic oxidation sites excluding steroid dienone is 1. The highest BCUT2D eigenvalue weighted by Gasteiger charge is 2.36. The van der Waals surface area contributed by atoms with Crippen molar-refractivity contribution in [1.82, 2.24) is 4.90 Å². The molecule has 0 fully saturated rings. The normalized spacial score (nSPS) is 14.9. The zero-order valence-corrected chi connectivity index (χ0v) is 18.6. The molecular formula is C25H28N2O4. The minimum atomic E-state index is -0.506. The third-order valence-electron chi connectivity index (χ3n) is 5.40. The van der Waals surface area contributed by atoms with Gasteiger partial charge in [-0.2, -0.15) is 0 Å². The standard InChI is InChI=1S/C25H28N2O4/c1-17-23(25(29)31-5)22(16-19-6-10-20(11-7-19)26(2)3)24(28)27(17)15-14-18-8-12-21(30-4)13-9-18/h6-13,16H,14-15H2,1-5H3. The third kappa shape index (κ3) is 4.79. The summed E-state index contributed by atoms with van der Waals surface area (Å²) in [6, 6.07) is 15.5. The number of hydrogen-bond donors (Lipinski definition) is 0. The van der Waals surface area contributed by atoms with E-state index in [9.17, 15) is 9.59 Å². The van der Waals surface area contributed by atoms with E-state index in [4.69, 9.17) is 9.47 Å². The number of methoxy groups -OCH3 is 2. The molecule has 2 aromatic rings.